The molecule has 1 aromatic carbocycles. The monoisotopic (exact) mass is 254 g/mol. The molecule has 0 aliphatic heterocycles. The van der Waals surface area contributed by atoms with Crippen LogP contribution in [-0.2, 0) is 6.61 Å². The van der Waals surface area contributed by atoms with Crippen LogP contribution >= 0.6 is 11.6 Å². The van der Waals surface area contributed by atoms with Crippen LogP contribution in [0.3, 0.4) is 0 Å². The highest BCUT2D eigenvalue weighted by atomic mass is 35.5. The van der Waals surface area contributed by atoms with Crippen LogP contribution in [0, 0.1) is 10.1 Å². The van der Waals surface area contributed by atoms with Crippen molar-refractivity contribution in [3.05, 3.63) is 45.2 Å². The molecule has 0 saturated carbocycles. The largest absolute Gasteiger partial charge is 0.391 e. The van der Waals surface area contributed by atoms with E-state index in [1.54, 1.807) is 6.07 Å². The molecule has 1 N–H and O–H groups in total. The molecule has 0 amide bonds. The summed E-state index contributed by atoms with van der Waals surface area (Å²) in [6, 6.07) is 5.86. The quantitative estimate of drug-likeness (QED) is 0.671. The van der Waals surface area contributed by atoms with Gasteiger partial charge in [-0.3, -0.25) is 10.1 Å². The first-order valence-corrected chi connectivity index (χ1v) is 5.01. The lowest BCUT2D eigenvalue weighted by Crippen LogP contribution is -1.90. The highest BCUT2D eigenvalue weighted by molar-refractivity contribution is 6.29. The normalized spacial score (nSPS) is 10.5. The van der Waals surface area contributed by atoms with E-state index in [0.29, 0.717) is 16.8 Å². The van der Waals surface area contributed by atoms with Gasteiger partial charge in [-0.25, -0.2) is 0 Å². The number of nitro groups is 1. The van der Waals surface area contributed by atoms with Crippen LogP contribution in [0.5, 0.6) is 0 Å². The van der Waals surface area contributed by atoms with Crippen molar-refractivity contribution in [3.8, 4) is 11.3 Å². The predicted molar refractivity (Wildman–Crippen MR) is 59.5 cm³/mol. The van der Waals surface area contributed by atoms with Crippen molar-refractivity contribution in [1.29, 1.82) is 0 Å². The van der Waals surface area contributed by atoms with Crippen molar-refractivity contribution >= 4 is 17.3 Å². The standard InChI is InChI=1S/C10H7ClN2O4/c11-10-8(5-14)9(12-17-10)6-2-1-3-7(4-6)13(15)16/h1-4,14H,5H2. The van der Waals surface area contributed by atoms with Crippen LogP contribution in [0.4, 0.5) is 5.69 Å². The fourth-order valence-corrected chi connectivity index (χ4v) is 1.60. The smallest absolute Gasteiger partial charge is 0.270 e. The summed E-state index contributed by atoms with van der Waals surface area (Å²) in [5.41, 5.74) is 1.03. The molecule has 0 radical (unpaired) electrons. The number of nitro benzene ring substituents is 1. The summed E-state index contributed by atoms with van der Waals surface area (Å²) in [6.07, 6.45) is 0. The zero-order chi connectivity index (χ0) is 12.4. The number of non-ortho nitro benzene ring substituents is 1. The number of benzene rings is 1. The van der Waals surface area contributed by atoms with E-state index in [-0.39, 0.29) is 17.5 Å². The maximum absolute atomic E-state index is 10.6. The minimum absolute atomic E-state index is 0.0194. The summed E-state index contributed by atoms with van der Waals surface area (Å²) < 4.78 is 4.73. The van der Waals surface area contributed by atoms with Gasteiger partial charge in [-0.15, -0.1) is 0 Å². The highest BCUT2D eigenvalue weighted by Gasteiger charge is 2.17. The van der Waals surface area contributed by atoms with Crippen LogP contribution in [0.15, 0.2) is 28.8 Å². The molecule has 0 aliphatic rings. The van der Waals surface area contributed by atoms with Gasteiger partial charge in [0.1, 0.15) is 5.69 Å². The molecule has 0 bridgehead atoms. The van der Waals surface area contributed by atoms with Gasteiger partial charge in [-0.1, -0.05) is 17.3 Å². The predicted octanol–water partition coefficient (Wildman–Crippen LogP) is 2.40. The molecule has 0 saturated heterocycles. The third-order valence-corrected chi connectivity index (χ3v) is 2.53. The van der Waals surface area contributed by atoms with Gasteiger partial charge in [0.15, 0.2) is 0 Å². The Morgan fingerprint density at radius 2 is 2.29 bits per heavy atom. The average Bonchev–Trinajstić information content (AvgIpc) is 2.70. The molecule has 0 aliphatic carbocycles. The second-order valence-corrected chi connectivity index (χ2v) is 3.59. The molecule has 0 spiro atoms. The number of aliphatic hydroxyl groups excluding tert-OH is 1. The fraction of sp³-hybridized carbons (Fsp3) is 0.100. The molecule has 1 aromatic heterocycles. The van der Waals surface area contributed by atoms with Crippen molar-refractivity contribution < 1.29 is 14.6 Å². The van der Waals surface area contributed by atoms with Crippen LogP contribution in [-0.4, -0.2) is 15.2 Å². The first-order chi connectivity index (χ1) is 8.13. The number of rotatable bonds is 3. The van der Waals surface area contributed by atoms with E-state index in [1.165, 1.54) is 18.2 Å². The summed E-state index contributed by atoms with van der Waals surface area (Å²) in [6.45, 7) is -0.347. The van der Waals surface area contributed by atoms with E-state index < -0.39 is 4.92 Å². The van der Waals surface area contributed by atoms with Crippen LogP contribution in [0.1, 0.15) is 5.56 Å². The van der Waals surface area contributed by atoms with E-state index in [2.05, 4.69) is 5.16 Å². The molecule has 0 unspecified atom stereocenters. The lowest BCUT2D eigenvalue weighted by atomic mass is 10.1. The zero-order valence-electron chi connectivity index (χ0n) is 8.46. The van der Waals surface area contributed by atoms with Gasteiger partial charge in [0, 0.05) is 17.7 Å². The summed E-state index contributed by atoms with van der Waals surface area (Å²) in [7, 11) is 0. The van der Waals surface area contributed by atoms with Gasteiger partial charge in [0.2, 0.25) is 5.22 Å². The molecular formula is C10H7ClN2O4. The topological polar surface area (TPSA) is 89.4 Å². The Hall–Kier alpha value is -1.92. The SMILES string of the molecule is O=[N+]([O-])c1cccc(-c2noc(Cl)c2CO)c1. The minimum atomic E-state index is -0.510. The molecule has 17 heavy (non-hydrogen) atoms. The summed E-state index contributed by atoms with van der Waals surface area (Å²) in [4.78, 5) is 10.1. The fourth-order valence-electron chi connectivity index (χ4n) is 1.42. The van der Waals surface area contributed by atoms with Gasteiger partial charge < -0.3 is 9.63 Å². The Bertz CT molecular complexity index is 567. The first-order valence-electron chi connectivity index (χ1n) is 4.63. The van der Waals surface area contributed by atoms with Gasteiger partial charge in [0.05, 0.1) is 17.1 Å². The molecule has 2 aromatic rings. The number of hydrogen-bond acceptors (Lipinski definition) is 5. The van der Waals surface area contributed by atoms with Gasteiger partial charge in [-0.05, 0) is 11.6 Å². The van der Waals surface area contributed by atoms with E-state index in [9.17, 15) is 10.1 Å². The number of aliphatic hydroxyl groups is 1. The Morgan fingerprint density at radius 1 is 1.53 bits per heavy atom. The summed E-state index contributed by atoms with van der Waals surface area (Å²) >= 11 is 5.67. The van der Waals surface area contributed by atoms with Crippen molar-refractivity contribution in [3.63, 3.8) is 0 Å². The first kappa shape index (κ1) is 11.6. The number of halogens is 1. The number of nitrogens with zero attached hydrogens (tertiary/aromatic N) is 2. The highest BCUT2D eigenvalue weighted by Crippen LogP contribution is 2.30. The Labute approximate surface area is 101 Å². The van der Waals surface area contributed by atoms with Gasteiger partial charge in [0.25, 0.3) is 5.69 Å². The van der Waals surface area contributed by atoms with Crippen molar-refractivity contribution in [2.45, 2.75) is 6.61 Å². The molecule has 1 heterocycles. The third-order valence-electron chi connectivity index (χ3n) is 2.23. The van der Waals surface area contributed by atoms with Gasteiger partial charge >= 0.3 is 0 Å². The van der Waals surface area contributed by atoms with Crippen molar-refractivity contribution in [2.24, 2.45) is 0 Å². The number of hydrogen-bond donors (Lipinski definition) is 1. The molecule has 0 fully saturated rings. The lowest BCUT2D eigenvalue weighted by molar-refractivity contribution is -0.384. The Morgan fingerprint density at radius 3 is 2.94 bits per heavy atom. The van der Waals surface area contributed by atoms with Crippen molar-refractivity contribution in [2.75, 3.05) is 0 Å². The minimum Gasteiger partial charge on any atom is -0.391 e. The Kier molecular flexibility index (Phi) is 3.08. The maximum atomic E-state index is 10.6. The van der Waals surface area contributed by atoms with E-state index in [1.807, 2.05) is 0 Å². The summed E-state index contributed by atoms with van der Waals surface area (Å²) in [5.74, 6) is 0. The van der Waals surface area contributed by atoms with Crippen molar-refractivity contribution in [1.82, 2.24) is 5.16 Å². The molecule has 2 rings (SSSR count). The average molecular weight is 255 g/mol. The van der Waals surface area contributed by atoms with E-state index in [0.717, 1.165) is 0 Å². The second-order valence-electron chi connectivity index (χ2n) is 3.25. The third kappa shape index (κ3) is 2.13. The second kappa shape index (κ2) is 4.52. The van der Waals surface area contributed by atoms with Crippen LogP contribution in [0.25, 0.3) is 11.3 Å². The zero-order valence-corrected chi connectivity index (χ0v) is 9.22. The van der Waals surface area contributed by atoms with Crippen LogP contribution < -0.4 is 0 Å². The van der Waals surface area contributed by atoms with E-state index >= 15 is 0 Å². The molecule has 6 nitrogen and oxygen atoms in total. The van der Waals surface area contributed by atoms with Gasteiger partial charge in [-0.2, -0.15) is 0 Å². The lowest BCUT2D eigenvalue weighted by Gasteiger charge is -1.98. The number of aromatic nitrogens is 1. The summed E-state index contributed by atoms with van der Waals surface area (Å²) in [5, 5.41) is 23.4. The Balaban J connectivity index is 2.52. The maximum Gasteiger partial charge on any atom is 0.270 e. The van der Waals surface area contributed by atoms with E-state index in [4.69, 9.17) is 21.2 Å². The molecule has 88 valence electrons. The van der Waals surface area contributed by atoms with Crippen LogP contribution in [0.2, 0.25) is 5.22 Å². The molecular weight excluding hydrogens is 248 g/mol. The molecule has 7 heteroatoms. The molecule has 0 atom stereocenters.